The summed E-state index contributed by atoms with van der Waals surface area (Å²) in [5.41, 5.74) is 0.459. The molecule has 6 heteroatoms. The van der Waals surface area contributed by atoms with Crippen molar-refractivity contribution in [2.24, 2.45) is 5.92 Å². The average molecular weight is 298 g/mol. The number of ether oxygens (including phenoxy) is 1. The molecule has 2 N–H and O–H groups in total. The molecular formula is C14H20ClN3O2. The van der Waals surface area contributed by atoms with Crippen molar-refractivity contribution < 1.29 is 9.53 Å². The molecule has 0 spiro atoms. The number of nitrogens with one attached hydrogen (secondary N) is 2. The molecule has 0 saturated carbocycles. The Hall–Kier alpha value is -1.33. The minimum Gasteiger partial charge on any atom is -0.381 e. The SMILES string of the molecule is CCNc1cc(C(=O)NCCC2CCOC2)c(Cl)cn1. The van der Waals surface area contributed by atoms with Crippen LogP contribution in [0.15, 0.2) is 12.3 Å². The molecule has 1 amide bonds. The van der Waals surface area contributed by atoms with Gasteiger partial charge in [0.25, 0.3) is 5.91 Å². The molecule has 1 atom stereocenters. The molecule has 2 heterocycles. The molecule has 0 radical (unpaired) electrons. The molecular weight excluding hydrogens is 278 g/mol. The number of hydrogen-bond donors (Lipinski definition) is 2. The highest BCUT2D eigenvalue weighted by molar-refractivity contribution is 6.33. The van der Waals surface area contributed by atoms with Crippen LogP contribution in [0, 0.1) is 5.92 Å². The zero-order chi connectivity index (χ0) is 14.4. The summed E-state index contributed by atoms with van der Waals surface area (Å²) >= 11 is 6.03. The van der Waals surface area contributed by atoms with Crippen LogP contribution < -0.4 is 10.6 Å². The normalized spacial score (nSPS) is 18.0. The molecule has 1 aliphatic heterocycles. The van der Waals surface area contributed by atoms with E-state index in [1.54, 1.807) is 6.07 Å². The molecule has 1 aromatic heterocycles. The minimum atomic E-state index is -0.157. The van der Waals surface area contributed by atoms with E-state index in [1.807, 2.05) is 6.92 Å². The maximum atomic E-state index is 12.1. The van der Waals surface area contributed by atoms with E-state index in [9.17, 15) is 4.79 Å². The predicted molar refractivity (Wildman–Crippen MR) is 79.3 cm³/mol. The van der Waals surface area contributed by atoms with Gasteiger partial charge in [0, 0.05) is 32.5 Å². The van der Waals surface area contributed by atoms with Crippen molar-refractivity contribution in [2.45, 2.75) is 19.8 Å². The van der Waals surface area contributed by atoms with Gasteiger partial charge < -0.3 is 15.4 Å². The third kappa shape index (κ3) is 4.08. The quantitative estimate of drug-likeness (QED) is 0.846. The van der Waals surface area contributed by atoms with Crippen LogP contribution >= 0.6 is 11.6 Å². The van der Waals surface area contributed by atoms with Crippen molar-refractivity contribution in [1.29, 1.82) is 0 Å². The van der Waals surface area contributed by atoms with Crippen LogP contribution in [-0.4, -0.2) is 37.2 Å². The number of hydrogen-bond acceptors (Lipinski definition) is 4. The third-order valence-corrected chi connectivity index (χ3v) is 3.62. The number of pyridine rings is 1. The molecule has 1 aromatic rings. The number of aromatic nitrogens is 1. The van der Waals surface area contributed by atoms with Crippen LogP contribution in [0.5, 0.6) is 0 Å². The van der Waals surface area contributed by atoms with Crippen molar-refractivity contribution in [3.63, 3.8) is 0 Å². The number of halogens is 1. The van der Waals surface area contributed by atoms with Crippen LogP contribution in [-0.2, 0) is 4.74 Å². The lowest BCUT2D eigenvalue weighted by molar-refractivity contribution is 0.0950. The highest BCUT2D eigenvalue weighted by Gasteiger charge is 2.16. The summed E-state index contributed by atoms with van der Waals surface area (Å²) in [4.78, 5) is 16.2. The number of nitrogens with zero attached hydrogens (tertiary/aromatic N) is 1. The molecule has 0 aliphatic carbocycles. The first kappa shape index (κ1) is 15.1. The number of carbonyl (C=O) groups is 1. The fourth-order valence-electron chi connectivity index (χ4n) is 2.19. The van der Waals surface area contributed by atoms with E-state index in [4.69, 9.17) is 16.3 Å². The lowest BCUT2D eigenvalue weighted by atomic mass is 10.1. The average Bonchev–Trinajstić information content (AvgIpc) is 2.94. The zero-order valence-corrected chi connectivity index (χ0v) is 12.4. The Morgan fingerprint density at radius 3 is 3.15 bits per heavy atom. The minimum absolute atomic E-state index is 0.157. The van der Waals surface area contributed by atoms with Gasteiger partial charge in [-0.3, -0.25) is 4.79 Å². The van der Waals surface area contributed by atoms with Gasteiger partial charge in [0.2, 0.25) is 0 Å². The Morgan fingerprint density at radius 2 is 2.45 bits per heavy atom. The van der Waals surface area contributed by atoms with Gasteiger partial charge in [0.1, 0.15) is 5.82 Å². The van der Waals surface area contributed by atoms with E-state index < -0.39 is 0 Å². The van der Waals surface area contributed by atoms with E-state index in [-0.39, 0.29) is 5.91 Å². The van der Waals surface area contributed by atoms with Gasteiger partial charge in [0.15, 0.2) is 0 Å². The maximum Gasteiger partial charge on any atom is 0.252 e. The topological polar surface area (TPSA) is 63.2 Å². The van der Waals surface area contributed by atoms with Gasteiger partial charge in [-0.1, -0.05) is 11.6 Å². The summed E-state index contributed by atoms with van der Waals surface area (Å²) in [6.45, 7) is 5.00. The highest BCUT2D eigenvalue weighted by atomic mass is 35.5. The number of carbonyl (C=O) groups excluding carboxylic acids is 1. The molecule has 1 aliphatic rings. The first-order chi connectivity index (χ1) is 9.70. The van der Waals surface area contributed by atoms with E-state index >= 15 is 0 Å². The smallest absolute Gasteiger partial charge is 0.252 e. The van der Waals surface area contributed by atoms with Gasteiger partial charge in [-0.2, -0.15) is 0 Å². The highest BCUT2D eigenvalue weighted by Crippen LogP contribution is 2.18. The molecule has 1 saturated heterocycles. The Bertz CT molecular complexity index is 462. The van der Waals surface area contributed by atoms with Crippen LogP contribution in [0.25, 0.3) is 0 Å². The molecule has 20 heavy (non-hydrogen) atoms. The lowest BCUT2D eigenvalue weighted by Gasteiger charge is -2.10. The molecule has 1 unspecified atom stereocenters. The molecule has 5 nitrogen and oxygen atoms in total. The first-order valence-corrected chi connectivity index (χ1v) is 7.34. The first-order valence-electron chi connectivity index (χ1n) is 6.96. The summed E-state index contributed by atoms with van der Waals surface area (Å²) in [5.74, 6) is 1.06. The fourth-order valence-corrected chi connectivity index (χ4v) is 2.38. The standard InChI is InChI=1S/C14H20ClN3O2/c1-2-16-13-7-11(12(15)8-18-13)14(19)17-5-3-10-4-6-20-9-10/h7-8,10H,2-6,9H2,1H3,(H,16,18)(H,17,19). The molecule has 0 bridgehead atoms. The molecule has 2 rings (SSSR count). The van der Waals surface area contributed by atoms with E-state index in [0.717, 1.165) is 32.6 Å². The van der Waals surface area contributed by atoms with Crippen molar-refractivity contribution >= 4 is 23.3 Å². The second-order valence-electron chi connectivity index (χ2n) is 4.85. The summed E-state index contributed by atoms with van der Waals surface area (Å²) < 4.78 is 5.31. The van der Waals surface area contributed by atoms with E-state index in [1.165, 1.54) is 6.20 Å². The largest absolute Gasteiger partial charge is 0.381 e. The summed E-state index contributed by atoms with van der Waals surface area (Å²) in [6, 6.07) is 1.68. The number of amides is 1. The Labute approximate surface area is 124 Å². The van der Waals surface area contributed by atoms with Crippen molar-refractivity contribution in [3.05, 3.63) is 22.8 Å². The van der Waals surface area contributed by atoms with Gasteiger partial charge in [-0.25, -0.2) is 4.98 Å². The predicted octanol–water partition coefficient (Wildman–Crippen LogP) is 2.32. The monoisotopic (exact) mass is 297 g/mol. The zero-order valence-electron chi connectivity index (χ0n) is 11.6. The van der Waals surface area contributed by atoms with Crippen molar-refractivity contribution in [1.82, 2.24) is 10.3 Å². The van der Waals surface area contributed by atoms with Crippen LogP contribution in [0.2, 0.25) is 5.02 Å². The summed E-state index contributed by atoms with van der Waals surface area (Å²) in [6.07, 6.45) is 3.52. The second-order valence-corrected chi connectivity index (χ2v) is 5.26. The van der Waals surface area contributed by atoms with E-state index in [2.05, 4.69) is 15.6 Å². The Kier molecular flexibility index (Phi) is 5.61. The summed E-state index contributed by atoms with van der Waals surface area (Å²) in [5, 5.41) is 6.33. The van der Waals surface area contributed by atoms with Gasteiger partial charge >= 0.3 is 0 Å². The van der Waals surface area contributed by atoms with E-state index in [0.29, 0.717) is 28.9 Å². The molecule has 1 fully saturated rings. The molecule has 110 valence electrons. The number of rotatable bonds is 6. The third-order valence-electron chi connectivity index (χ3n) is 3.32. The fraction of sp³-hybridized carbons (Fsp3) is 0.571. The van der Waals surface area contributed by atoms with Crippen LogP contribution in [0.4, 0.5) is 5.82 Å². The van der Waals surface area contributed by atoms with Crippen LogP contribution in [0.3, 0.4) is 0 Å². The summed E-state index contributed by atoms with van der Waals surface area (Å²) in [7, 11) is 0. The van der Waals surface area contributed by atoms with Gasteiger partial charge in [-0.05, 0) is 31.7 Å². The van der Waals surface area contributed by atoms with Gasteiger partial charge in [-0.15, -0.1) is 0 Å². The van der Waals surface area contributed by atoms with Gasteiger partial charge in [0.05, 0.1) is 10.6 Å². The number of anilines is 1. The van der Waals surface area contributed by atoms with Crippen LogP contribution in [0.1, 0.15) is 30.1 Å². The molecule has 0 aromatic carbocycles. The lowest BCUT2D eigenvalue weighted by Crippen LogP contribution is -2.26. The second kappa shape index (κ2) is 7.45. The van der Waals surface area contributed by atoms with Crippen molar-refractivity contribution in [2.75, 3.05) is 31.6 Å². The Morgan fingerprint density at radius 1 is 1.60 bits per heavy atom. The Balaban J connectivity index is 1.88. The van der Waals surface area contributed by atoms with Crippen molar-refractivity contribution in [3.8, 4) is 0 Å². The maximum absolute atomic E-state index is 12.1.